The highest BCUT2D eigenvalue weighted by Crippen LogP contribution is 2.40. The Hall–Kier alpha value is -2.41. The molecule has 4 rings (SSSR count). The minimum absolute atomic E-state index is 0.0504. The molecule has 0 bridgehead atoms. The van der Waals surface area contributed by atoms with Crippen LogP contribution in [0.1, 0.15) is 51.0 Å². The van der Waals surface area contributed by atoms with Crippen LogP contribution in [0.15, 0.2) is 30.3 Å². The van der Waals surface area contributed by atoms with E-state index < -0.39 is 23.4 Å². The number of rotatable bonds is 8. The number of nitrogens with two attached hydrogens (primary N) is 1. The monoisotopic (exact) mass is 454 g/mol. The first kappa shape index (κ1) is 23.7. The second-order valence-corrected chi connectivity index (χ2v) is 10.2. The van der Waals surface area contributed by atoms with E-state index in [2.05, 4.69) is 17.4 Å². The van der Waals surface area contributed by atoms with Gasteiger partial charge in [-0.1, -0.05) is 49.6 Å². The van der Waals surface area contributed by atoms with Crippen LogP contribution in [0.4, 0.5) is 0 Å². The molecule has 1 aliphatic carbocycles. The summed E-state index contributed by atoms with van der Waals surface area (Å²) in [5, 5.41) is 3.08. The molecule has 2 aliphatic heterocycles. The van der Waals surface area contributed by atoms with Gasteiger partial charge in [-0.15, -0.1) is 0 Å². The molecule has 1 unspecified atom stereocenters. The van der Waals surface area contributed by atoms with E-state index in [4.69, 9.17) is 5.73 Å². The number of nitrogens with one attached hydrogen (secondary N) is 1. The molecule has 7 nitrogen and oxygen atoms in total. The van der Waals surface area contributed by atoms with Crippen molar-refractivity contribution in [3.8, 4) is 0 Å². The van der Waals surface area contributed by atoms with Gasteiger partial charge in [-0.2, -0.15) is 0 Å². The summed E-state index contributed by atoms with van der Waals surface area (Å²) < 4.78 is 0. The molecule has 33 heavy (non-hydrogen) atoms. The number of likely N-dealkylation sites (N-methyl/N-ethyl adjacent to an activating group) is 1. The van der Waals surface area contributed by atoms with E-state index in [-0.39, 0.29) is 23.7 Å². The van der Waals surface area contributed by atoms with Crippen molar-refractivity contribution in [1.29, 1.82) is 0 Å². The Balaban J connectivity index is 1.52. The van der Waals surface area contributed by atoms with E-state index in [1.165, 1.54) is 5.56 Å². The normalized spacial score (nSPS) is 26.2. The van der Waals surface area contributed by atoms with Gasteiger partial charge in [-0.3, -0.25) is 14.4 Å². The van der Waals surface area contributed by atoms with Crippen LogP contribution in [0.3, 0.4) is 0 Å². The number of primary amides is 1. The molecule has 1 aromatic carbocycles. The highest BCUT2D eigenvalue weighted by molar-refractivity contribution is 5.96. The number of carbonyl (C=O) groups excluding carboxylic acids is 3. The van der Waals surface area contributed by atoms with E-state index in [0.29, 0.717) is 19.6 Å². The van der Waals surface area contributed by atoms with Crippen LogP contribution in [-0.4, -0.2) is 65.8 Å². The van der Waals surface area contributed by atoms with E-state index in [1.807, 2.05) is 23.1 Å². The van der Waals surface area contributed by atoms with Crippen molar-refractivity contribution in [3.05, 3.63) is 35.9 Å². The summed E-state index contributed by atoms with van der Waals surface area (Å²) in [7, 11) is 1.70. The Morgan fingerprint density at radius 3 is 2.48 bits per heavy atom. The van der Waals surface area contributed by atoms with Crippen molar-refractivity contribution in [2.45, 2.75) is 63.5 Å². The topological polar surface area (TPSA) is 95.7 Å². The zero-order chi connectivity index (χ0) is 23.6. The third kappa shape index (κ3) is 4.52. The molecule has 1 saturated carbocycles. The number of benzene rings is 1. The first-order chi connectivity index (χ1) is 15.9. The number of amides is 3. The van der Waals surface area contributed by atoms with Crippen LogP contribution in [0, 0.1) is 17.8 Å². The molecule has 3 aliphatic rings. The zero-order valence-corrected chi connectivity index (χ0v) is 20.0. The number of likely N-dealkylation sites (tertiary alicyclic amines) is 2. The Morgan fingerprint density at radius 1 is 1.15 bits per heavy atom. The largest absolute Gasteiger partial charge is 0.368 e. The molecular formula is C26H38N4O3. The van der Waals surface area contributed by atoms with Crippen molar-refractivity contribution in [1.82, 2.24) is 15.1 Å². The minimum atomic E-state index is -1.13. The highest BCUT2D eigenvalue weighted by atomic mass is 16.2. The molecule has 4 atom stereocenters. The molecule has 0 radical (unpaired) electrons. The lowest BCUT2D eigenvalue weighted by Crippen LogP contribution is -2.63. The maximum Gasteiger partial charge on any atom is 0.245 e. The fraction of sp³-hybridized carbons (Fsp3) is 0.654. The number of carbonyl (C=O) groups is 3. The average Bonchev–Trinajstić information content (AvgIpc) is 3.38. The smallest absolute Gasteiger partial charge is 0.245 e. The van der Waals surface area contributed by atoms with Crippen LogP contribution >= 0.6 is 0 Å². The van der Waals surface area contributed by atoms with Gasteiger partial charge < -0.3 is 20.9 Å². The summed E-state index contributed by atoms with van der Waals surface area (Å²) in [5.41, 5.74) is 5.90. The maximum atomic E-state index is 14.0. The van der Waals surface area contributed by atoms with Crippen molar-refractivity contribution in [2.24, 2.45) is 23.5 Å². The van der Waals surface area contributed by atoms with Crippen molar-refractivity contribution in [3.63, 3.8) is 0 Å². The van der Waals surface area contributed by atoms with Crippen LogP contribution < -0.4 is 11.1 Å². The summed E-state index contributed by atoms with van der Waals surface area (Å²) >= 11 is 0. The second kappa shape index (κ2) is 9.84. The number of hydrogen-bond acceptors (Lipinski definition) is 4. The van der Waals surface area contributed by atoms with Gasteiger partial charge in [0.1, 0.15) is 11.6 Å². The first-order valence-electron chi connectivity index (χ1n) is 12.5. The van der Waals surface area contributed by atoms with E-state index >= 15 is 0 Å². The zero-order valence-electron chi connectivity index (χ0n) is 20.0. The lowest BCUT2D eigenvalue weighted by molar-refractivity contribution is -0.150. The van der Waals surface area contributed by atoms with E-state index in [0.717, 1.165) is 44.9 Å². The molecular weight excluding hydrogens is 416 g/mol. The van der Waals surface area contributed by atoms with Gasteiger partial charge in [0.05, 0.1) is 5.92 Å². The summed E-state index contributed by atoms with van der Waals surface area (Å²) in [5.74, 6) is -0.825. The SMILES string of the molecule is CNC(C)(C(N)=O)[C@H](C(=O)N1CC[C@H]2CN(CCc3ccccc3)C(=O)[C@H]21)C1CCCCC1. The molecule has 7 heteroatoms. The molecule has 3 N–H and O–H groups in total. The molecule has 3 fully saturated rings. The third-order valence-corrected chi connectivity index (χ3v) is 8.38. The molecule has 180 valence electrons. The number of fused-ring (bicyclic) bond motifs is 1. The Labute approximate surface area is 197 Å². The predicted octanol–water partition coefficient (Wildman–Crippen LogP) is 1.95. The quantitative estimate of drug-likeness (QED) is 0.628. The Morgan fingerprint density at radius 2 is 1.85 bits per heavy atom. The summed E-state index contributed by atoms with van der Waals surface area (Å²) in [6, 6.07) is 9.76. The van der Waals surface area contributed by atoms with Gasteiger partial charge in [-0.25, -0.2) is 0 Å². The standard InChI is InChI=1S/C26H38N4O3/c1-26(28-2,25(27)33)21(19-11-7-4-8-12-19)23(31)30-16-14-20-17-29(24(32)22(20)30)15-13-18-9-5-3-6-10-18/h3,5-6,9-10,19-22,28H,4,7-8,11-17H2,1-2H3,(H2,27,33)/t20-,21-,22-,26?/m0/s1. The summed E-state index contributed by atoms with van der Waals surface area (Å²) in [6.07, 6.45) is 6.75. The average molecular weight is 455 g/mol. The summed E-state index contributed by atoms with van der Waals surface area (Å²) in [6.45, 7) is 3.70. The van der Waals surface area contributed by atoms with Crippen LogP contribution in [0.2, 0.25) is 0 Å². The fourth-order valence-corrected chi connectivity index (χ4v) is 6.30. The fourth-order valence-electron chi connectivity index (χ4n) is 6.30. The van der Waals surface area contributed by atoms with Crippen LogP contribution in [0.5, 0.6) is 0 Å². The number of nitrogens with zero attached hydrogens (tertiary/aromatic N) is 2. The van der Waals surface area contributed by atoms with Gasteiger partial charge in [0.25, 0.3) is 0 Å². The van der Waals surface area contributed by atoms with Gasteiger partial charge >= 0.3 is 0 Å². The lowest BCUT2D eigenvalue weighted by Gasteiger charge is -2.42. The lowest BCUT2D eigenvalue weighted by atomic mass is 9.69. The van der Waals surface area contributed by atoms with E-state index in [1.54, 1.807) is 18.9 Å². The Kier molecular flexibility index (Phi) is 7.07. The first-order valence-corrected chi connectivity index (χ1v) is 12.5. The van der Waals surface area contributed by atoms with Gasteiger partial charge in [-0.05, 0) is 51.1 Å². The number of hydrogen-bond donors (Lipinski definition) is 2. The minimum Gasteiger partial charge on any atom is -0.368 e. The van der Waals surface area contributed by atoms with Crippen molar-refractivity contribution >= 4 is 17.7 Å². The molecule has 2 heterocycles. The van der Waals surface area contributed by atoms with Gasteiger partial charge in [0.2, 0.25) is 17.7 Å². The third-order valence-electron chi connectivity index (χ3n) is 8.38. The van der Waals surface area contributed by atoms with Gasteiger partial charge in [0.15, 0.2) is 0 Å². The van der Waals surface area contributed by atoms with Crippen molar-refractivity contribution < 1.29 is 14.4 Å². The molecule has 0 aromatic heterocycles. The van der Waals surface area contributed by atoms with Gasteiger partial charge in [0, 0.05) is 25.6 Å². The van der Waals surface area contributed by atoms with E-state index in [9.17, 15) is 14.4 Å². The summed E-state index contributed by atoms with van der Waals surface area (Å²) in [4.78, 5) is 43.7. The van der Waals surface area contributed by atoms with Crippen molar-refractivity contribution in [2.75, 3.05) is 26.7 Å². The Bertz CT molecular complexity index is 870. The molecule has 0 spiro atoms. The second-order valence-electron chi connectivity index (χ2n) is 10.2. The van der Waals surface area contributed by atoms with Crippen LogP contribution in [-0.2, 0) is 20.8 Å². The maximum absolute atomic E-state index is 14.0. The highest BCUT2D eigenvalue weighted by Gasteiger charge is 2.54. The molecule has 1 aromatic rings. The van der Waals surface area contributed by atoms with Crippen LogP contribution in [0.25, 0.3) is 0 Å². The molecule has 2 saturated heterocycles. The molecule has 3 amide bonds. The predicted molar refractivity (Wildman–Crippen MR) is 127 cm³/mol.